The molecule has 1 saturated heterocycles. The molecule has 0 radical (unpaired) electrons. The molecule has 1 aromatic heterocycles. The number of hydrogen-bond donors (Lipinski definition) is 1. The fourth-order valence-electron chi connectivity index (χ4n) is 2.69. The first-order valence-electron chi connectivity index (χ1n) is 8.42. The summed E-state index contributed by atoms with van der Waals surface area (Å²) in [6.07, 6.45) is 3.87. The van der Waals surface area contributed by atoms with E-state index in [1.54, 1.807) is 9.80 Å². The first kappa shape index (κ1) is 17.7. The van der Waals surface area contributed by atoms with Gasteiger partial charge in [0, 0.05) is 64.0 Å². The van der Waals surface area contributed by atoms with Gasteiger partial charge >= 0.3 is 0 Å². The Hall–Kier alpha value is -3.16. The summed E-state index contributed by atoms with van der Waals surface area (Å²) in [6, 6.07) is 7.90. The Balaban J connectivity index is 1.61. The van der Waals surface area contributed by atoms with Gasteiger partial charge in [-0.1, -0.05) is 0 Å². The first-order valence-corrected chi connectivity index (χ1v) is 8.42. The van der Waals surface area contributed by atoms with E-state index in [1.165, 1.54) is 12.4 Å². The van der Waals surface area contributed by atoms with Gasteiger partial charge in [-0.25, -0.2) is 9.97 Å². The molecule has 1 fully saturated rings. The van der Waals surface area contributed by atoms with Crippen LogP contribution in [0.3, 0.4) is 0 Å². The van der Waals surface area contributed by atoms with Crippen molar-refractivity contribution in [1.82, 2.24) is 19.8 Å². The molecular weight excluding hydrogens is 332 g/mol. The number of amides is 2. The maximum Gasteiger partial charge on any atom is 0.257 e. The molecule has 0 atom stereocenters. The van der Waals surface area contributed by atoms with E-state index in [4.69, 9.17) is 0 Å². The molecule has 0 bridgehead atoms. The second-order valence-corrected chi connectivity index (χ2v) is 6.30. The third kappa shape index (κ3) is 4.08. The van der Waals surface area contributed by atoms with Gasteiger partial charge in [-0.3, -0.25) is 9.59 Å². The molecule has 136 valence electrons. The molecule has 0 saturated carbocycles. The average Bonchev–Trinajstić information content (AvgIpc) is 2.68. The van der Waals surface area contributed by atoms with E-state index in [0.717, 1.165) is 17.8 Å². The molecule has 3 rings (SSSR count). The summed E-state index contributed by atoms with van der Waals surface area (Å²) in [4.78, 5) is 37.1. The molecule has 8 nitrogen and oxygen atoms in total. The fourth-order valence-corrected chi connectivity index (χ4v) is 2.69. The van der Waals surface area contributed by atoms with Crippen LogP contribution in [0.15, 0.2) is 36.7 Å². The van der Waals surface area contributed by atoms with Gasteiger partial charge < -0.3 is 20.0 Å². The summed E-state index contributed by atoms with van der Waals surface area (Å²) >= 11 is 0. The topological polar surface area (TPSA) is 81.7 Å². The maximum atomic E-state index is 12.5. The number of hydrogen-bond acceptors (Lipinski definition) is 6. The summed E-state index contributed by atoms with van der Waals surface area (Å²) in [5, 5.41) is 3.12. The van der Waals surface area contributed by atoms with Crippen LogP contribution in [0.2, 0.25) is 0 Å². The number of anilines is 3. The molecule has 26 heavy (non-hydrogen) atoms. The van der Waals surface area contributed by atoms with Crippen LogP contribution in [-0.4, -0.2) is 72.4 Å². The third-order valence-electron chi connectivity index (χ3n) is 4.29. The van der Waals surface area contributed by atoms with Crippen LogP contribution >= 0.6 is 0 Å². The Labute approximate surface area is 152 Å². The number of nitrogens with one attached hydrogen (secondary N) is 1. The van der Waals surface area contributed by atoms with Crippen molar-refractivity contribution in [1.29, 1.82) is 0 Å². The lowest BCUT2D eigenvalue weighted by Gasteiger charge is -2.32. The number of nitrogens with zero attached hydrogens (tertiary/aromatic N) is 5. The monoisotopic (exact) mass is 354 g/mol. The minimum absolute atomic E-state index is 0.113. The summed E-state index contributed by atoms with van der Waals surface area (Å²) in [7, 11) is 3.97. The minimum Gasteiger partial charge on any atom is -0.378 e. The van der Waals surface area contributed by atoms with Crippen molar-refractivity contribution >= 4 is 29.6 Å². The quantitative estimate of drug-likeness (QED) is 0.813. The smallest absolute Gasteiger partial charge is 0.257 e. The molecule has 0 unspecified atom stereocenters. The van der Waals surface area contributed by atoms with E-state index >= 15 is 0 Å². The zero-order chi connectivity index (χ0) is 18.5. The maximum absolute atomic E-state index is 12.5. The highest BCUT2D eigenvalue weighted by Crippen LogP contribution is 2.18. The molecular formula is C18H22N6O2. The van der Waals surface area contributed by atoms with Gasteiger partial charge in [-0.2, -0.15) is 0 Å². The molecule has 0 spiro atoms. The highest BCUT2D eigenvalue weighted by atomic mass is 16.2. The average molecular weight is 354 g/mol. The summed E-state index contributed by atoms with van der Waals surface area (Å²) in [5.41, 5.74) is 2.42. The zero-order valence-corrected chi connectivity index (χ0v) is 14.9. The lowest BCUT2D eigenvalue weighted by atomic mass is 10.2. The van der Waals surface area contributed by atoms with Crippen molar-refractivity contribution < 1.29 is 9.59 Å². The Bertz CT molecular complexity index is 752. The van der Waals surface area contributed by atoms with E-state index < -0.39 is 0 Å². The van der Waals surface area contributed by atoms with Crippen LogP contribution < -0.4 is 10.2 Å². The third-order valence-corrected chi connectivity index (χ3v) is 4.29. The van der Waals surface area contributed by atoms with Crippen LogP contribution in [0.25, 0.3) is 0 Å². The van der Waals surface area contributed by atoms with Gasteiger partial charge in [-0.05, 0) is 24.3 Å². The SMILES string of the molecule is CN(C)c1ccc(Nc2ncc(C(=O)N3CCN(C=O)CC3)cn2)cc1. The molecule has 2 aromatic rings. The van der Waals surface area contributed by atoms with Gasteiger partial charge in [0.2, 0.25) is 12.4 Å². The lowest BCUT2D eigenvalue weighted by molar-refractivity contribution is -0.119. The van der Waals surface area contributed by atoms with E-state index in [-0.39, 0.29) is 5.91 Å². The van der Waals surface area contributed by atoms with Crippen molar-refractivity contribution in [2.75, 3.05) is 50.5 Å². The summed E-state index contributed by atoms with van der Waals surface area (Å²) in [5.74, 6) is 0.322. The number of benzene rings is 1. The van der Waals surface area contributed by atoms with Gasteiger partial charge in [0.25, 0.3) is 5.91 Å². The highest BCUT2D eigenvalue weighted by molar-refractivity contribution is 5.93. The van der Waals surface area contributed by atoms with Crippen LogP contribution in [0, 0.1) is 0 Å². The highest BCUT2D eigenvalue weighted by Gasteiger charge is 2.21. The molecule has 1 N–H and O–H groups in total. The molecule has 0 aliphatic carbocycles. The van der Waals surface area contributed by atoms with Crippen LogP contribution in [0.1, 0.15) is 10.4 Å². The molecule has 8 heteroatoms. The fraction of sp³-hybridized carbons (Fsp3) is 0.333. The van der Waals surface area contributed by atoms with Crippen molar-refractivity contribution in [2.24, 2.45) is 0 Å². The van der Waals surface area contributed by atoms with Crippen molar-refractivity contribution in [2.45, 2.75) is 0 Å². The second kappa shape index (κ2) is 7.81. The largest absolute Gasteiger partial charge is 0.378 e. The van der Waals surface area contributed by atoms with Crippen molar-refractivity contribution in [3.05, 3.63) is 42.2 Å². The normalized spacial score (nSPS) is 14.1. The Morgan fingerprint density at radius 1 is 1.08 bits per heavy atom. The van der Waals surface area contributed by atoms with E-state index in [1.807, 2.05) is 43.3 Å². The Kier molecular flexibility index (Phi) is 5.31. The summed E-state index contributed by atoms with van der Waals surface area (Å²) < 4.78 is 0. The van der Waals surface area contributed by atoms with Crippen LogP contribution in [0.5, 0.6) is 0 Å². The Morgan fingerprint density at radius 3 is 2.23 bits per heavy atom. The Morgan fingerprint density at radius 2 is 1.69 bits per heavy atom. The first-order chi connectivity index (χ1) is 12.6. The van der Waals surface area contributed by atoms with Gasteiger partial charge in [0.1, 0.15) is 0 Å². The number of rotatable bonds is 5. The molecule has 1 aromatic carbocycles. The number of carbonyl (C=O) groups excluding carboxylic acids is 2. The van der Waals surface area contributed by atoms with E-state index in [9.17, 15) is 9.59 Å². The second-order valence-electron chi connectivity index (χ2n) is 6.30. The van der Waals surface area contributed by atoms with Crippen molar-refractivity contribution in [3.63, 3.8) is 0 Å². The predicted molar refractivity (Wildman–Crippen MR) is 99.6 cm³/mol. The van der Waals surface area contributed by atoms with E-state index in [2.05, 4.69) is 15.3 Å². The standard InChI is InChI=1S/C18H22N6O2/c1-22(2)16-5-3-15(4-6-16)21-18-19-11-14(12-20-18)17(26)24-9-7-23(13-25)8-10-24/h3-6,11-13H,7-10H2,1-2H3,(H,19,20,21). The molecule has 2 heterocycles. The van der Waals surface area contributed by atoms with Crippen molar-refractivity contribution in [3.8, 4) is 0 Å². The van der Waals surface area contributed by atoms with Crippen LogP contribution in [0.4, 0.5) is 17.3 Å². The number of aromatic nitrogens is 2. The number of piperazine rings is 1. The zero-order valence-electron chi connectivity index (χ0n) is 14.9. The lowest BCUT2D eigenvalue weighted by Crippen LogP contribution is -2.48. The summed E-state index contributed by atoms with van der Waals surface area (Å²) in [6.45, 7) is 2.16. The van der Waals surface area contributed by atoms with Gasteiger partial charge in [-0.15, -0.1) is 0 Å². The van der Waals surface area contributed by atoms with E-state index in [0.29, 0.717) is 37.7 Å². The van der Waals surface area contributed by atoms with Gasteiger partial charge in [0.15, 0.2) is 0 Å². The minimum atomic E-state index is -0.113. The number of carbonyl (C=O) groups is 2. The predicted octanol–water partition coefficient (Wildman–Crippen LogP) is 1.20. The van der Waals surface area contributed by atoms with Crippen LogP contribution in [-0.2, 0) is 4.79 Å². The molecule has 1 aliphatic heterocycles. The van der Waals surface area contributed by atoms with Gasteiger partial charge in [0.05, 0.1) is 5.56 Å². The molecule has 2 amide bonds. The molecule has 1 aliphatic rings.